The number of rotatable bonds is 6. The van der Waals surface area contributed by atoms with E-state index in [9.17, 15) is 18.8 Å². The van der Waals surface area contributed by atoms with Crippen LogP contribution in [-0.2, 0) is 14.3 Å². The van der Waals surface area contributed by atoms with Crippen molar-refractivity contribution < 1.29 is 23.5 Å². The third-order valence-electron chi connectivity index (χ3n) is 7.10. The van der Waals surface area contributed by atoms with Gasteiger partial charge >= 0.3 is 12.0 Å². The number of nitrogens with one attached hydrogen (secondary N) is 1. The van der Waals surface area contributed by atoms with Gasteiger partial charge in [0.1, 0.15) is 5.82 Å². The number of carbonyl (C=O) groups is 3. The number of carbonyl (C=O) groups excluding carboxylic acids is 3. The van der Waals surface area contributed by atoms with Gasteiger partial charge in [0, 0.05) is 50.9 Å². The molecule has 4 rings (SSSR count). The molecule has 1 aromatic rings. The molecule has 0 bridgehead atoms. The van der Waals surface area contributed by atoms with Crippen LogP contribution in [0.2, 0.25) is 0 Å². The van der Waals surface area contributed by atoms with Crippen molar-refractivity contribution in [1.82, 2.24) is 20.0 Å². The number of nitrogens with zero attached hydrogens (tertiary/aromatic N) is 3. The highest BCUT2D eigenvalue weighted by Crippen LogP contribution is 2.33. The van der Waals surface area contributed by atoms with Crippen LogP contribution in [0.25, 0.3) is 0 Å². The van der Waals surface area contributed by atoms with Crippen molar-refractivity contribution in [3.8, 4) is 0 Å². The third-order valence-corrected chi connectivity index (χ3v) is 7.10. The normalized spacial score (nSPS) is 24.1. The highest BCUT2D eigenvalue weighted by atomic mass is 19.1. The molecule has 34 heavy (non-hydrogen) atoms. The van der Waals surface area contributed by atoms with Crippen molar-refractivity contribution in [2.24, 2.45) is 5.92 Å². The molecule has 0 aromatic heterocycles. The zero-order valence-electron chi connectivity index (χ0n) is 20.1. The molecule has 184 valence electrons. The summed E-state index contributed by atoms with van der Waals surface area (Å²) in [7, 11) is 1.63. The standard InChI is InChI=1S/C25H33FN4O4/c1-4-34-24(32)21-20(28(3)25(33)27-22(21)17-8-10-19(26)11-9-17)15-29-12-13-30(16(2)14-29)23(31)18-6-5-7-18/h8-11,16,18,22H,4-7,12-15H2,1-3H3,(H,27,33)/t16-,22-/m1/s1. The summed E-state index contributed by atoms with van der Waals surface area (Å²) in [5.74, 6) is -0.495. The summed E-state index contributed by atoms with van der Waals surface area (Å²) in [6.45, 7) is 6.26. The molecular weight excluding hydrogens is 439 g/mol. The van der Waals surface area contributed by atoms with Crippen molar-refractivity contribution >= 4 is 17.9 Å². The Balaban J connectivity index is 1.60. The van der Waals surface area contributed by atoms with Gasteiger partial charge in [-0.3, -0.25) is 14.6 Å². The number of halogens is 1. The second kappa shape index (κ2) is 10.1. The molecule has 9 heteroatoms. The average molecular weight is 473 g/mol. The fourth-order valence-corrected chi connectivity index (χ4v) is 4.91. The fraction of sp³-hybridized carbons (Fsp3) is 0.560. The Morgan fingerprint density at radius 2 is 1.88 bits per heavy atom. The lowest BCUT2D eigenvalue weighted by Gasteiger charge is -2.44. The molecule has 1 aromatic carbocycles. The largest absolute Gasteiger partial charge is 0.463 e. The number of ether oxygens (including phenoxy) is 1. The third kappa shape index (κ3) is 4.80. The number of esters is 1. The molecule has 8 nitrogen and oxygen atoms in total. The van der Waals surface area contributed by atoms with Gasteiger partial charge in [0.15, 0.2) is 0 Å². The Hall–Kier alpha value is -2.94. The molecule has 2 atom stereocenters. The van der Waals surface area contributed by atoms with Crippen LogP contribution in [-0.4, -0.2) is 78.5 Å². The van der Waals surface area contributed by atoms with Crippen LogP contribution >= 0.6 is 0 Å². The quantitative estimate of drug-likeness (QED) is 0.644. The van der Waals surface area contributed by atoms with Crippen LogP contribution in [0.4, 0.5) is 9.18 Å². The fourth-order valence-electron chi connectivity index (χ4n) is 4.91. The van der Waals surface area contributed by atoms with Crippen LogP contribution in [0.1, 0.15) is 44.7 Å². The highest BCUT2D eigenvalue weighted by molar-refractivity contribution is 5.95. The van der Waals surface area contributed by atoms with E-state index in [0.717, 1.165) is 19.3 Å². The van der Waals surface area contributed by atoms with Crippen LogP contribution < -0.4 is 5.32 Å². The van der Waals surface area contributed by atoms with Crippen molar-refractivity contribution in [3.63, 3.8) is 0 Å². The second-order valence-corrected chi connectivity index (χ2v) is 9.32. The van der Waals surface area contributed by atoms with Crippen LogP contribution in [0.15, 0.2) is 35.5 Å². The summed E-state index contributed by atoms with van der Waals surface area (Å²) in [6, 6.07) is 4.71. The Bertz CT molecular complexity index is 976. The Morgan fingerprint density at radius 1 is 1.18 bits per heavy atom. The van der Waals surface area contributed by atoms with Crippen LogP contribution in [0.5, 0.6) is 0 Å². The zero-order chi connectivity index (χ0) is 24.4. The molecule has 0 unspecified atom stereocenters. The lowest BCUT2D eigenvalue weighted by atomic mass is 9.84. The SMILES string of the molecule is CCOC(=O)C1=C(CN2CCN(C(=O)C3CCC3)[C@H](C)C2)N(C)C(=O)N[C@@H]1c1ccc(F)cc1. The van der Waals surface area contributed by atoms with Crippen molar-refractivity contribution in [1.29, 1.82) is 0 Å². The molecule has 3 amide bonds. The maximum atomic E-state index is 13.5. The molecule has 1 aliphatic carbocycles. The smallest absolute Gasteiger partial charge is 0.338 e. The van der Waals surface area contributed by atoms with E-state index < -0.39 is 17.8 Å². The maximum Gasteiger partial charge on any atom is 0.338 e. The molecule has 3 aliphatic rings. The minimum atomic E-state index is -0.739. The first kappa shape index (κ1) is 24.2. The molecule has 0 spiro atoms. The first-order chi connectivity index (χ1) is 16.3. The summed E-state index contributed by atoms with van der Waals surface area (Å²) >= 11 is 0. The number of amides is 3. The van der Waals surface area contributed by atoms with Gasteiger partial charge in [0.25, 0.3) is 0 Å². The first-order valence-electron chi connectivity index (χ1n) is 12.0. The minimum Gasteiger partial charge on any atom is -0.463 e. The van der Waals surface area contributed by atoms with E-state index in [2.05, 4.69) is 10.2 Å². The Kier molecular flexibility index (Phi) is 7.21. The summed E-state index contributed by atoms with van der Waals surface area (Å²) < 4.78 is 18.9. The molecule has 2 fully saturated rings. The van der Waals surface area contributed by atoms with Gasteiger partial charge in [-0.05, 0) is 44.4 Å². The van der Waals surface area contributed by atoms with Crippen LogP contribution in [0, 0.1) is 11.7 Å². The number of hydrogen-bond acceptors (Lipinski definition) is 5. The zero-order valence-corrected chi connectivity index (χ0v) is 20.1. The number of hydrogen-bond donors (Lipinski definition) is 1. The van der Waals surface area contributed by atoms with E-state index in [1.54, 1.807) is 26.1 Å². The second-order valence-electron chi connectivity index (χ2n) is 9.32. The van der Waals surface area contributed by atoms with Crippen molar-refractivity contribution in [3.05, 3.63) is 46.9 Å². The lowest BCUT2D eigenvalue weighted by molar-refractivity contribution is -0.142. The monoisotopic (exact) mass is 472 g/mol. The summed E-state index contributed by atoms with van der Waals surface area (Å²) in [5, 5.41) is 2.85. The molecule has 1 N–H and O–H groups in total. The Labute approximate surface area is 199 Å². The summed E-state index contributed by atoms with van der Waals surface area (Å²) in [6.07, 6.45) is 3.08. The number of urea groups is 1. The van der Waals surface area contributed by atoms with Gasteiger partial charge < -0.3 is 15.0 Å². The highest BCUT2D eigenvalue weighted by Gasteiger charge is 2.39. The Morgan fingerprint density at radius 3 is 2.47 bits per heavy atom. The van der Waals surface area contributed by atoms with Crippen molar-refractivity contribution in [2.75, 3.05) is 39.8 Å². The van der Waals surface area contributed by atoms with E-state index in [0.29, 0.717) is 43.0 Å². The van der Waals surface area contributed by atoms with Gasteiger partial charge in [-0.15, -0.1) is 0 Å². The first-order valence-corrected chi connectivity index (χ1v) is 12.0. The van der Waals surface area contributed by atoms with E-state index in [1.807, 2.05) is 11.8 Å². The predicted octanol–water partition coefficient (Wildman–Crippen LogP) is 2.67. The average Bonchev–Trinajstić information content (AvgIpc) is 2.76. The number of piperazine rings is 1. The van der Waals surface area contributed by atoms with Gasteiger partial charge in [-0.1, -0.05) is 18.6 Å². The lowest BCUT2D eigenvalue weighted by Crippen LogP contribution is -2.57. The minimum absolute atomic E-state index is 0.0455. The molecule has 2 heterocycles. The number of benzene rings is 1. The molecule has 1 saturated heterocycles. The molecule has 2 aliphatic heterocycles. The number of likely N-dealkylation sites (N-methyl/N-ethyl adjacent to an activating group) is 1. The topological polar surface area (TPSA) is 82.2 Å². The van der Waals surface area contributed by atoms with Crippen LogP contribution in [0.3, 0.4) is 0 Å². The van der Waals surface area contributed by atoms with Gasteiger partial charge in [-0.2, -0.15) is 0 Å². The molecule has 0 radical (unpaired) electrons. The van der Waals surface area contributed by atoms with E-state index in [-0.39, 0.29) is 30.5 Å². The van der Waals surface area contributed by atoms with Gasteiger partial charge in [-0.25, -0.2) is 14.0 Å². The van der Waals surface area contributed by atoms with E-state index in [1.165, 1.54) is 17.0 Å². The predicted molar refractivity (Wildman–Crippen MR) is 124 cm³/mol. The van der Waals surface area contributed by atoms with Gasteiger partial charge in [0.2, 0.25) is 5.91 Å². The molecule has 1 saturated carbocycles. The molecular formula is C25H33FN4O4. The summed E-state index contributed by atoms with van der Waals surface area (Å²) in [5.41, 5.74) is 1.51. The van der Waals surface area contributed by atoms with Crippen molar-refractivity contribution in [2.45, 2.75) is 45.2 Å². The maximum absolute atomic E-state index is 13.5. The van der Waals surface area contributed by atoms with Gasteiger partial charge in [0.05, 0.1) is 18.2 Å². The van der Waals surface area contributed by atoms with E-state index in [4.69, 9.17) is 4.74 Å². The summed E-state index contributed by atoms with van der Waals surface area (Å²) in [4.78, 5) is 44.3. The van der Waals surface area contributed by atoms with E-state index >= 15 is 0 Å².